The SMILES string of the molecule is CCCCCCCC(=O)SCCC=CC1CC(=O)N(C)Cc2nc(cs2)C2=NC(C)(CS2)C(=O)NC(C(C)C)C(=O)O1. The molecule has 0 spiro atoms. The number of allylic oxidation sites excluding steroid dienone is 1. The minimum atomic E-state index is -1.04. The predicted molar refractivity (Wildman–Crippen MR) is 172 cm³/mol. The van der Waals surface area contributed by atoms with Crippen LogP contribution >= 0.6 is 34.9 Å². The summed E-state index contributed by atoms with van der Waals surface area (Å²) in [4.78, 5) is 62.9. The summed E-state index contributed by atoms with van der Waals surface area (Å²) in [5.41, 5.74) is -0.344. The van der Waals surface area contributed by atoms with E-state index in [0.29, 0.717) is 41.6 Å². The molecule has 1 N–H and O–H groups in total. The molecule has 3 unspecified atom stereocenters. The van der Waals surface area contributed by atoms with Gasteiger partial charge in [-0.3, -0.25) is 19.4 Å². The maximum absolute atomic E-state index is 13.3. The molecule has 1 aromatic heterocycles. The van der Waals surface area contributed by atoms with Gasteiger partial charge in [-0.05, 0) is 31.8 Å². The number of nitrogens with one attached hydrogen (secondary N) is 1. The van der Waals surface area contributed by atoms with Crippen molar-refractivity contribution in [3.8, 4) is 0 Å². The molecule has 12 heteroatoms. The average Bonchev–Trinajstić information content (AvgIpc) is 3.57. The number of thiazole rings is 1. The van der Waals surface area contributed by atoms with Crippen LogP contribution in [-0.2, 0) is 30.5 Å². The number of amides is 2. The monoisotopic (exact) mass is 636 g/mol. The van der Waals surface area contributed by atoms with Crippen LogP contribution in [0, 0.1) is 5.92 Å². The molecule has 2 aliphatic rings. The highest BCUT2D eigenvalue weighted by Gasteiger charge is 2.41. The first kappa shape index (κ1) is 34.3. The van der Waals surface area contributed by atoms with Gasteiger partial charge in [0.1, 0.15) is 33.4 Å². The van der Waals surface area contributed by atoms with Crippen LogP contribution in [0.5, 0.6) is 0 Å². The van der Waals surface area contributed by atoms with Crippen molar-refractivity contribution in [1.29, 1.82) is 0 Å². The van der Waals surface area contributed by atoms with E-state index in [1.165, 1.54) is 54.1 Å². The van der Waals surface area contributed by atoms with E-state index >= 15 is 0 Å². The molecule has 0 radical (unpaired) electrons. The summed E-state index contributed by atoms with van der Waals surface area (Å²) in [5.74, 6) is -0.324. The van der Waals surface area contributed by atoms with Gasteiger partial charge in [0.15, 0.2) is 5.12 Å². The van der Waals surface area contributed by atoms with Gasteiger partial charge in [0, 0.05) is 30.4 Å². The number of unbranched alkanes of at least 4 members (excludes halogenated alkanes) is 4. The summed E-state index contributed by atoms with van der Waals surface area (Å²) < 4.78 is 5.83. The fourth-order valence-electron chi connectivity index (χ4n) is 4.45. The summed E-state index contributed by atoms with van der Waals surface area (Å²) in [6.07, 6.45) is 9.49. The predicted octanol–water partition coefficient (Wildman–Crippen LogP) is 5.38. The van der Waals surface area contributed by atoms with E-state index in [1.807, 2.05) is 25.3 Å². The lowest BCUT2D eigenvalue weighted by Crippen LogP contribution is -2.53. The Kier molecular flexibility index (Phi) is 13.6. The van der Waals surface area contributed by atoms with Crippen molar-refractivity contribution in [2.75, 3.05) is 18.6 Å². The molecule has 2 aliphatic heterocycles. The van der Waals surface area contributed by atoms with Crippen LogP contribution in [0.25, 0.3) is 0 Å². The normalized spacial score (nSPS) is 23.8. The number of cyclic esters (lactones) is 1. The van der Waals surface area contributed by atoms with Crippen molar-refractivity contribution < 1.29 is 23.9 Å². The molecule has 0 saturated heterocycles. The second-order valence-corrected chi connectivity index (χ2v) is 14.4. The van der Waals surface area contributed by atoms with E-state index in [1.54, 1.807) is 24.9 Å². The van der Waals surface area contributed by atoms with Crippen molar-refractivity contribution in [2.45, 2.75) is 103 Å². The summed E-state index contributed by atoms with van der Waals surface area (Å²) in [6.45, 7) is 7.92. The molecule has 3 rings (SSSR count). The van der Waals surface area contributed by atoms with Gasteiger partial charge in [-0.1, -0.05) is 64.3 Å². The maximum Gasteiger partial charge on any atom is 0.329 e. The van der Waals surface area contributed by atoms with Gasteiger partial charge >= 0.3 is 5.97 Å². The van der Waals surface area contributed by atoms with Crippen LogP contribution in [0.2, 0.25) is 0 Å². The molecular formula is C30H44N4O5S3. The number of thioether (sulfide) groups is 2. The van der Waals surface area contributed by atoms with E-state index in [9.17, 15) is 19.2 Å². The Morgan fingerprint density at radius 2 is 2.02 bits per heavy atom. The Hall–Kier alpha value is -2.18. The summed E-state index contributed by atoms with van der Waals surface area (Å²) in [7, 11) is 1.70. The molecule has 3 atom stereocenters. The van der Waals surface area contributed by atoms with Crippen LogP contribution in [0.3, 0.4) is 0 Å². The largest absolute Gasteiger partial charge is 0.456 e. The lowest BCUT2D eigenvalue weighted by Gasteiger charge is -2.27. The maximum atomic E-state index is 13.3. The number of carbonyl (C=O) groups excluding carboxylic acids is 4. The highest BCUT2D eigenvalue weighted by atomic mass is 32.2. The molecular weight excluding hydrogens is 593 g/mol. The molecule has 0 aliphatic carbocycles. The number of hydrogen-bond acceptors (Lipinski definition) is 10. The summed E-state index contributed by atoms with van der Waals surface area (Å²) >= 11 is 4.21. The molecule has 9 nitrogen and oxygen atoms in total. The Morgan fingerprint density at radius 1 is 1.26 bits per heavy atom. The van der Waals surface area contributed by atoms with Crippen LogP contribution in [0.1, 0.15) is 89.8 Å². The number of ether oxygens (including phenoxy) is 1. The van der Waals surface area contributed by atoms with E-state index in [2.05, 4.69) is 22.2 Å². The van der Waals surface area contributed by atoms with E-state index in [4.69, 9.17) is 4.74 Å². The first-order valence-corrected chi connectivity index (χ1v) is 17.6. The number of aromatic nitrogens is 1. The molecule has 3 heterocycles. The number of aliphatic imine (C=N–C) groups is 1. The van der Waals surface area contributed by atoms with Crippen LogP contribution in [0.15, 0.2) is 22.5 Å². The van der Waals surface area contributed by atoms with Crippen LogP contribution < -0.4 is 5.32 Å². The topological polar surface area (TPSA) is 118 Å². The van der Waals surface area contributed by atoms with E-state index in [0.717, 1.165) is 17.8 Å². The second kappa shape index (κ2) is 16.6. The molecule has 0 aromatic carbocycles. The Balaban J connectivity index is 1.70. The zero-order chi connectivity index (χ0) is 30.7. The second-order valence-electron chi connectivity index (χ2n) is 11.3. The van der Waals surface area contributed by atoms with Crippen molar-refractivity contribution in [3.63, 3.8) is 0 Å². The molecule has 0 fully saturated rings. The smallest absolute Gasteiger partial charge is 0.329 e. The van der Waals surface area contributed by atoms with E-state index < -0.39 is 23.7 Å². The highest BCUT2D eigenvalue weighted by molar-refractivity contribution is 8.14. The molecule has 232 valence electrons. The first-order chi connectivity index (χ1) is 20.0. The molecule has 2 amide bonds. The quantitative estimate of drug-likeness (QED) is 0.196. The summed E-state index contributed by atoms with van der Waals surface area (Å²) in [6, 6.07) is -0.897. The van der Waals surface area contributed by atoms with Crippen LogP contribution in [0.4, 0.5) is 0 Å². The highest BCUT2D eigenvalue weighted by Crippen LogP contribution is 2.32. The lowest BCUT2D eigenvalue weighted by molar-refractivity contribution is -0.154. The van der Waals surface area contributed by atoms with E-state index in [-0.39, 0.29) is 29.3 Å². The Labute approximate surface area is 262 Å². The Bertz CT molecular complexity index is 1170. The number of rotatable bonds is 11. The van der Waals surface area contributed by atoms with Crippen molar-refractivity contribution in [2.24, 2.45) is 10.9 Å². The molecule has 4 bridgehead atoms. The van der Waals surface area contributed by atoms with Crippen molar-refractivity contribution >= 4 is 62.8 Å². The number of hydrogen-bond donors (Lipinski definition) is 1. The lowest BCUT2D eigenvalue weighted by atomic mass is 10.0. The summed E-state index contributed by atoms with van der Waals surface area (Å²) in [5, 5.41) is 6.38. The third-order valence-electron chi connectivity index (χ3n) is 7.13. The van der Waals surface area contributed by atoms with Gasteiger partial charge in [-0.2, -0.15) is 0 Å². The number of fused-ring (bicyclic) bond motifs is 4. The van der Waals surface area contributed by atoms with Crippen molar-refractivity contribution in [3.05, 3.63) is 28.2 Å². The van der Waals surface area contributed by atoms with Gasteiger partial charge in [-0.25, -0.2) is 9.78 Å². The standard InChI is InChI=1S/C30H44N4O5S3/c1-6-7-8-9-10-14-25(36)40-15-12-11-13-21-16-24(35)34(5)17-23-31-22(18-41-23)27-33-30(4,19-42-27)29(38)32-26(20(2)3)28(37)39-21/h11,13,18,20-21,26H,6-10,12,14-17,19H2,1-5H3,(H,32,38). The fourth-order valence-corrected chi connectivity index (χ4v) is 7.25. The van der Waals surface area contributed by atoms with Crippen LogP contribution in [-0.4, -0.2) is 74.1 Å². The minimum Gasteiger partial charge on any atom is -0.456 e. The number of esters is 1. The molecule has 1 aromatic rings. The first-order valence-electron chi connectivity index (χ1n) is 14.8. The minimum absolute atomic E-state index is 0.0418. The average molecular weight is 637 g/mol. The van der Waals surface area contributed by atoms with Gasteiger partial charge in [0.05, 0.1) is 13.0 Å². The van der Waals surface area contributed by atoms with Gasteiger partial charge in [0.25, 0.3) is 0 Å². The molecule has 42 heavy (non-hydrogen) atoms. The number of carbonyl (C=O) groups is 4. The zero-order valence-electron chi connectivity index (χ0n) is 25.3. The third-order valence-corrected chi connectivity index (χ3v) is 10.2. The van der Waals surface area contributed by atoms with Gasteiger partial charge in [0.2, 0.25) is 11.8 Å². The third kappa shape index (κ3) is 10.2. The zero-order valence-corrected chi connectivity index (χ0v) is 27.8. The van der Waals surface area contributed by atoms with Crippen molar-refractivity contribution in [1.82, 2.24) is 15.2 Å². The fraction of sp³-hybridized carbons (Fsp3) is 0.667. The van der Waals surface area contributed by atoms with Gasteiger partial charge in [-0.15, -0.1) is 23.1 Å². The Morgan fingerprint density at radius 3 is 2.76 bits per heavy atom. The molecule has 0 saturated carbocycles. The van der Waals surface area contributed by atoms with Gasteiger partial charge < -0.3 is 15.0 Å². The number of nitrogens with zero attached hydrogens (tertiary/aromatic N) is 3.